The van der Waals surface area contributed by atoms with Crippen molar-refractivity contribution < 1.29 is 30.0 Å². The van der Waals surface area contributed by atoms with Gasteiger partial charge in [-0.2, -0.15) is 0 Å². The number of hydrogen-bond donors (Lipinski definition) is 4. The fourth-order valence-corrected chi connectivity index (χ4v) is 3.14. The van der Waals surface area contributed by atoms with Crippen LogP contribution >= 0.6 is 0 Å². The summed E-state index contributed by atoms with van der Waals surface area (Å²) in [5.41, 5.74) is 0.664. The molecule has 6 heteroatoms. The highest BCUT2D eigenvalue weighted by Crippen LogP contribution is 2.16. The second-order valence-electron chi connectivity index (χ2n) is 7.67. The highest BCUT2D eigenvalue weighted by atomic mass is 16.4. The minimum absolute atomic E-state index is 0.332. The summed E-state index contributed by atoms with van der Waals surface area (Å²) in [5.74, 6) is -1.77. The van der Waals surface area contributed by atoms with Gasteiger partial charge in [0.05, 0.1) is 23.3 Å². The zero-order valence-corrected chi connectivity index (χ0v) is 18.6. The number of rotatable bonds is 4. The molecule has 4 aromatic carbocycles. The van der Waals surface area contributed by atoms with Gasteiger partial charge in [-0.1, -0.05) is 60.7 Å². The molecule has 0 saturated carbocycles. The van der Waals surface area contributed by atoms with E-state index in [9.17, 15) is 9.59 Å². The van der Waals surface area contributed by atoms with Crippen LogP contribution in [0.2, 0.25) is 0 Å². The Kier molecular flexibility index (Phi) is 9.54. The Morgan fingerprint density at radius 1 is 0.606 bits per heavy atom. The molecule has 2 unspecified atom stereocenters. The summed E-state index contributed by atoms with van der Waals surface area (Å²) in [6, 6.07) is 25.6. The lowest BCUT2D eigenvalue weighted by Gasteiger charge is -2.04. The van der Waals surface area contributed by atoms with Crippen LogP contribution in [0.3, 0.4) is 0 Å². The molecule has 0 saturated heterocycles. The van der Waals surface area contributed by atoms with Crippen molar-refractivity contribution in [3.63, 3.8) is 0 Å². The number of aliphatic hydroxyl groups excluding tert-OH is 2. The zero-order valence-electron chi connectivity index (χ0n) is 18.6. The van der Waals surface area contributed by atoms with E-state index in [0.717, 1.165) is 21.5 Å². The van der Waals surface area contributed by atoms with Gasteiger partial charge in [-0.25, -0.2) is 9.59 Å². The van der Waals surface area contributed by atoms with Crippen molar-refractivity contribution in [3.05, 3.63) is 96.1 Å². The van der Waals surface area contributed by atoms with Crippen molar-refractivity contribution in [2.75, 3.05) is 0 Å². The van der Waals surface area contributed by atoms with Crippen LogP contribution in [-0.4, -0.2) is 44.6 Å². The molecule has 0 fully saturated rings. The van der Waals surface area contributed by atoms with Gasteiger partial charge in [-0.3, -0.25) is 0 Å². The Bertz CT molecular complexity index is 1120. The summed E-state index contributed by atoms with van der Waals surface area (Å²) in [6.07, 6.45) is -0.278. The Labute approximate surface area is 192 Å². The molecule has 0 radical (unpaired) electrons. The maximum absolute atomic E-state index is 10.6. The third-order valence-electron chi connectivity index (χ3n) is 4.68. The number of carbonyl (C=O) groups is 2. The normalized spacial score (nSPS) is 12.0. The Morgan fingerprint density at radius 3 is 1.21 bits per heavy atom. The lowest BCUT2D eigenvalue weighted by Crippen LogP contribution is -2.10. The maximum atomic E-state index is 10.6. The Hall–Kier alpha value is -3.74. The fourth-order valence-electron chi connectivity index (χ4n) is 3.14. The van der Waals surface area contributed by atoms with Crippen molar-refractivity contribution in [1.29, 1.82) is 0 Å². The first kappa shape index (κ1) is 25.5. The summed E-state index contributed by atoms with van der Waals surface area (Å²) < 4.78 is 0. The van der Waals surface area contributed by atoms with Gasteiger partial charge >= 0.3 is 11.9 Å². The molecule has 0 spiro atoms. The monoisotopic (exact) mass is 448 g/mol. The number of carboxylic acid groups (broad SMARTS) is 2. The largest absolute Gasteiger partial charge is 0.478 e. The first-order valence-electron chi connectivity index (χ1n) is 10.5. The van der Waals surface area contributed by atoms with Crippen LogP contribution in [0.15, 0.2) is 84.9 Å². The molecule has 0 amide bonds. The number of aromatic carboxylic acids is 2. The molecule has 172 valence electrons. The minimum atomic E-state index is -0.884. The Morgan fingerprint density at radius 2 is 0.939 bits per heavy atom. The fraction of sp³-hybridized carbons (Fsp3) is 0.185. The van der Waals surface area contributed by atoms with E-state index in [1.54, 1.807) is 38.1 Å². The number of carboxylic acids is 2. The molecule has 0 heterocycles. The van der Waals surface area contributed by atoms with E-state index < -0.39 is 11.9 Å². The van der Waals surface area contributed by atoms with E-state index in [0.29, 0.717) is 17.5 Å². The average molecular weight is 449 g/mol. The van der Waals surface area contributed by atoms with Gasteiger partial charge in [0, 0.05) is 0 Å². The summed E-state index contributed by atoms with van der Waals surface area (Å²) in [4.78, 5) is 21.3. The molecule has 0 aliphatic carbocycles. The molecular weight excluding hydrogens is 420 g/mol. The van der Waals surface area contributed by atoms with Crippen molar-refractivity contribution in [2.24, 2.45) is 0 Å². The standard InChI is InChI=1S/2C11H8O2.C5H12O2/c2*12-11(13)10-6-5-8-3-1-2-4-9(8)7-10;1-4(6)3-5(2)7/h2*1-7H,(H,12,13);4-7H,3H2,1-2H3. The summed E-state index contributed by atoms with van der Waals surface area (Å²) in [5, 5.41) is 38.7. The first-order valence-corrected chi connectivity index (χ1v) is 10.5. The maximum Gasteiger partial charge on any atom is 0.335 e. The third-order valence-corrected chi connectivity index (χ3v) is 4.68. The van der Waals surface area contributed by atoms with E-state index in [1.807, 2.05) is 60.7 Å². The van der Waals surface area contributed by atoms with Gasteiger partial charge in [0.25, 0.3) is 0 Å². The molecule has 0 aromatic heterocycles. The second-order valence-corrected chi connectivity index (χ2v) is 7.67. The molecule has 2 atom stereocenters. The van der Waals surface area contributed by atoms with Crippen molar-refractivity contribution >= 4 is 33.5 Å². The predicted octanol–water partition coefficient (Wildman–Crippen LogP) is 5.21. The van der Waals surface area contributed by atoms with Crippen molar-refractivity contribution in [3.8, 4) is 0 Å². The molecule has 6 nitrogen and oxygen atoms in total. The van der Waals surface area contributed by atoms with Crippen LogP contribution in [0.5, 0.6) is 0 Å². The minimum Gasteiger partial charge on any atom is -0.478 e. The second kappa shape index (κ2) is 12.3. The summed E-state index contributed by atoms with van der Waals surface area (Å²) in [7, 11) is 0. The van der Waals surface area contributed by atoms with E-state index in [1.165, 1.54) is 0 Å². The van der Waals surface area contributed by atoms with Crippen LogP contribution in [0.25, 0.3) is 21.5 Å². The van der Waals surface area contributed by atoms with Crippen LogP contribution < -0.4 is 0 Å². The molecule has 0 aliphatic rings. The number of fused-ring (bicyclic) bond motifs is 2. The van der Waals surface area contributed by atoms with Crippen LogP contribution in [-0.2, 0) is 0 Å². The topological polar surface area (TPSA) is 115 Å². The van der Waals surface area contributed by atoms with Gasteiger partial charge in [-0.15, -0.1) is 0 Å². The highest BCUT2D eigenvalue weighted by Gasteiger charge is 2.03. The SMILES string of the molecule is CC(O)CC(C)O.O=C(O)c1ccc2ccccc2c1.O=C(O)c1ccc2ccccc2c1. The van der Waals surface area contributed by atoms with Crippen LogP contribution in [0.1, 0.15) is 41.0 Å². The van der Waals surface area contributed by atoms with E-state index >= 15 is 0 Å². The molecule has 0 aliphatic heterocycles. The first-order chi connectivity index (χ1) is 15.7. The predicted molar refractivity (Wildman–Crippen MR) is 130 cm³/mol. The summed E-state index contributed by atoms with van der Waals surface area (Å²) >= 11 is 0. The molecule has 4 aromatic rings. The quantitative estimate of drug-likeness (QED) is 0.340. The molecule has 33 heavy (non-hydrogen) atoms. The van der Waals surface area contributed by atoms with Gasteiger partial charge < -0.3 is 20.4 Å². The molecule has 4 rings (SSSR count). The van der Waals surface area contributed by atoms with Crippen molar-refractivity contribution in [1.82, 2.24) is 0 Å². The smallest absolute Gasteiger partial charge is 0.335 e. The van der Waals surface area contributed by atoms with Crippen LogP contribution in [0, 0.1) is 0 Å². The van der Waals surface area contributed by atoms with E-state index in [4.69, 9.17) is 20.4 Å². The lowest BCUT2D eigenvalue weighted by atomic mass is 10.1. The number of benzene rings is 4. The van der Waals surface area contributed by atoms with Gasteiger partial charge in [0.2, 0.25) is 0 Å². The van der Waals surface area contributed by atoms with Crippen LogP contribution in [0.4, 0.5) is 0 Å². The molecule has 4 N–H and O–H groups in total. The van der Waals surface area contributed by atoms with Gasteiger partial charge in [0.1, 0.15) is 0 Å². The number of hydrogen-bond acceptors (Lipinski definition) is 4. The van der Waals surface area contributed by atoms with E-state index in [2.05, 4.69) is 0 Å². The van der Waals surface area contributed by atoms with E-state index in [-0.39, 0.29) is 12.2 Å². The molecule has 0 bridgehead atoms. The average Bonchev–Trinajstić information content (AvgIpc) is 2.78. The van der Waals surface area contributed by atoms with Gasteiger partial charge in [0.15, 0.2) is 0 Å². The zero-order chi connectivity index (χ0) is 24.4. The highest BCUT2D eigenvalue weighted by molar-refractivity contribution is 5.95. The van der Waals surface area contributed by atoms with Gasteiger partial charge in [-0.05, 0) is 66.1 Å². The Balaban J connectivity index is 0.000000185. The lowest BCUT2D eigenvalue weighted by molar-refractivity contribution is 0.0686. The number of aliphatic hydroxyl groups is 2. The summed E-state index contributed by atoms with van der Waals surface area (Å²) in [6.45, 7) is 3.32. The molecular formula is C27H28O6. The third kappa shape index (κ3) is 8.37. The van der Waals surface area contributed by atoms with Crippen molar-refractivity contribution in [2.45, 2.75) is 32.5 Å².